The molecule has 1 aliphatic rings. The summed E-state index contributed by atoms with van der Waals surface area (Å²) in [5.41, 5.74) is 2.52. The van der Waals surface area contributed by atoms with Gasteiger partial charge in [0, 0.05) is 25.7 Å². The highest BCUT2D eigenvalue weighted by Crippen LogP contribution is 2.20. The van der Waals surface area contributed by atoms with E-state index in [0.29, 0.717) is 6.04 Å². The Morgan fingerprint density at radius 2 is 2.05 bits per heavy atom. The second-order valence-corrected chi connectivity index (χ2v) is 5.95. The highest BCUT2D eigenvalue weighted by atomic mass is 16.5. The molecule has 3 nitrogen and oxygen atoms in total. The Bertz CT molecular complexity index is 414. The minimum atomic E-state index is 0.671. The summed E-state index contributed by atoms with van der Waals surface area (Å²) in [6.07, 6.45) is 6.08. The summed E-state index contributed by atoms with van der Waals surface area (Å²) in [7, 11) is 0. The highest BCUT2D eigenvalue weighted by molar-refractivity contribution is 5.38. The number of hydrogen-bond donors (Lipinski definition) is 1. The summed E-state index contributed by atoms with van der Waals surface area (Å²) in [4.78, 5) is 0. The zero-order valence-electron chi connectivity index (χ0n) is 13.5. The van der Waals surface area contributed by atoms with Gasteiger partial charge in [0.1, 0.15) is 5.75 Å². The first-order valence-electron chi connectivity index (χ1n) is 8.27. The predicted octanol–water partition coefficient (Wildman–Crippen LogP) is 3.62. The maximum Gasteiger partial charge on any atom is 0.122 e. The lowest BCUT2D eigenvalue weighted by Crippen LogP contribution is -2.34. The lowest BCUT2D eigenvalue weighted by atomic mass is 10.0. The van der Waals surface area contributed by atoms with Gasteiger partial charge >= 0.3 is 0 Å². The molecule has 0 aliphatic carbocycles. The molecule has 0 amide bonds. The normalized spacial score (nSPS) is 18.7. The maximum atomic E-state index is 5.82. The van der Waals surface area contributed by atoms with Crippen LogP contribution in [-0.4, -0.2) is 32.4 Å². The van der Waals surface area contributed by atoms with Gasteiger partial charge in [0.2, 0.25) is 0 Å². The summed E-state index contributed by atoms with van der Waals surface area (Å²) in [5, 5.41) is 3.55. The summed E-state index contributed by atoms with van der Waals surface area (Å²) >= 11 is 0. The Labute approximate surface area is 129 Å². The number of hydrogen-bond acceptors (Lipinski definition) is 3. The Morgan fingerprint density at radius 3 is 2.86 bits per heavy atom. The molecule has 3 heteroatoms. The molecule has 1 aromatic carbocycles. The van der Waals surface area contributed by atoms with E-state index in [1.807, 2.05) is 12.1 Å². The Hall–Kier alpha value is -1.06. The average molecular weight is 291 g/mol. The fraction of sp³-hybridized carbons (Fsp3) is 0.667. The van der Waals surface area contributed by atoms with Crippen LogP contribution in [0.3, 0.4) is 0 Å². The van der Waals surface area contributed by atoms with Gasteiger partial charge in [0.15, 0.2) is 0 Å². The second-order valence-electron chi connectivity index (χ2n) is 5.95. The van der Waals surface area contributed by atoms with Crippen LogP contribution in [-0.2, 0) is 4.74 Å². The van der Waals surface area contributed by atoms with Gasteiger partial charge in [0.25, 0.3) is 0 Å². The third-order valence-corrected chi connectivity index (χ3v) is 4.27. The van der Waals surface area contributed by atoms with Gasteiger partial charge < -0.3 is 14.8 Å². The van der Waals surface area contributed by atoms with E-state index in [9.17, 15) is 0 Å². The molecule has 118 valence electrons. The van der Waals surface area contributed by atoms with E-state index in [1.54, 1.807) is 0 Å². The molecule has 1 fully saturated rings. The van der Waals surface area contributed by atoms with E-state index < -0.39 is 0 Å². The predicted molar refractivity (Wildman–Crippen MR) is 87.1 cm³/mol. The largest absolute Gasteiger partial charge is 0.493 e. The van der Waals surface area contributed by atoms with Gasteiger partial charge in [-0.3, -0.25) is 0 Å². The molecule has 1 saturated heterocycles. The molecule has 1 aromatic rings. The van der Waals surface area contributed by atoms with Gasteiger partial charge in [0.05, 0.1) is 6.61 Å². The Kier molecular flexibility index (Phi) is 7.04. The van der Waals surface area contributed by atoms with Crippen LogP contribution in [0.1, 0.15) is 43.2 Å². The summed E-state index contributed by atoms with van der Waals surface area (Å²) in [5.74, 6) is 1.00. The average Bonchev–Trinajstić information content (AvgIpc) is 2.51. The van der Waals surface area contributed by atoms with Crippen molar-refractivity contribution in [3.05, 3.63) is 29.3 Å². The zero-order valence-corrected chi connectivity index (χ0v) is 13.5. The molecule has 1 unspecified atom stereocenters. The van der Waals surface area contributed by atoms with E-state index in [1.165, 1.54) is 36.9 Å². The molecule has 0 spiro atoms. The van der Waals surface area contributed by atoms with Crippen LogP contribution in [0.25, 0.3) is 0 Å². The van der Waals surface area contributed by atoms with E-state index in [0.717, 1.165) is 38.4 Å². The maximum absolute atomic E-state index is 5.82. The lowest BCUT2D eigenvalue weighted by Gasteiger charge is -2.23. The highest BCUT2D eigenvalue weighted by Gasteiger charge is 2.11. The van der Waals surface area contributed by atoms with Crippen molar-refractivity contribution in [2.24, 2.45) is 0 Å². The molecular formula is C18H29NO2. The number of nitrogens with one attached hydrogen (secondary N) is 1. The van der Waals surface area contributed by atoms with Gasteiger partial charge in [-0.25, -0.2) is 0 Å². The molecule has 1 N–H and O–H groups in total. The van der Waals surface area contributed by atoms with Gasteiger partial charge in [-0.2, -0.15) is 0 Å². The van der Waals surface area contributed by atoms with Gasteiger partial charge in [-0.1, -0.05) is 18.6 Å². The number of benzene rings is 1. The first-order chi connectivity index (χ1) is 10.3. The monoisotopic (exact) mass is 291 g/mol. The van der Waals surface area contributed by atoms with E-state index in [4.69, 9.17) is 9.47 Å². The van der Waals surface area contributed by atoms with Crippen molar-refractivity contribution < 1.29 is 9.47 Å². The first-order valence-corrected chi connectivity index (χ1v) is 8.27. The van der Waals surface area contributed by atoms with Crippen LogP contribution in [0.2, 0.25) is 0 Å². The molecule has 0 aromatic heterocycles. The molecule has 21 heavy (non-hydrogen) atoms. The fourth-order valence-electron chi connectivity index (χ4n) is 2.72. The third-order valence-electron chi connectivity index (χ3n) is 4.27. The van der Waals surface area contributed by atoms with Crippen molar-refractivity contribution in [1.29, 1.82) is 0 Å². The Balaban J connectivity index is 1.51. The number of ether oxygens (including phenoxy) is 2. The topological polar surface area (TPSA) is 30.5 Å². The molecule has 1 heterocycles. The van der Waals surface area contributed by atoms with Crippen molar-refractivity contribution in [1.82, 2.24) is 5.32 Å². The number of piperidine rings is 1. The minimum Gasteiger partial charge on any atom is -0.493 e. The standard InChI is InChI=1S/C18H29NO2/c1-15-7-5-9-18(16(15)2)21-13-6-12-20-14-10-17-8-3-4-11-19-17/h5,7,9,17,19H,3-4,6,8,10-14H2,1-2H3. The zero-order chi connectivity index (χ0) is 14.9. The SMILES string of the molecule is Cc1cccc(OCCCOCCC2CCCCN2)c1C. The molecule has 0 bridgehead atoms. The quantitative estimate of drug-likeness (QED) is 0.742. The van der Waals surface area contributed by atoms with E-state index >= 15 is 0 Å². The van der Waals surface area contributed by atoms with E-state index in [2.05, 4.69) is 25.2 Å². The van der Waals surface area contributed by atoms with E-state index in [-0.39, 0.29) is 0 Å². The summed E-state index contributed by atoms with van der Waals surface area (Å²) in [6.45, 7) is 7.78. The van der Waals surface area contributed by atoms with Gasteiger partial charge in [-0.15, -0.1) is 0 Å². The van der Waals surface area contributed by atoms with Crippen LogP contribution in [0.15, 0.2) is 18.2 Å². The van der Waals surface area contributed by atoms with Crippen LogP contribution in [0, 0.1) is 13.8 Å². The van der Waals surface area contributed by atoms with Crippen LogP contribution in [0.4, 0.5) is 0 Å². The molecule has 1 aliphatic heterocycles. The molecule has 2 rings (SSSR count). The third kappa shape index (κ3) is 5.68. The van der Waals surface area contributed by atoms with Crippen molar-refractivity contribution in [3.63, 3.8) is 0 Å². The van der Waals surface area contributed by atoms with Gasteiger partial charge in [-0.05, 0) is 56.8 Å². The van der Waals surface area contributed by atoms with Crippen LogP contribution >= 0.6 is 0 Å². The van der Waals surface area contributed by atoms with Crippen LogP contribution < -0.4 is 10.1 Å². The molecule has 0 radical (unpaired) electrons. The number of rotatable bonds is 8. The van der Waals surface area contributed by atoms with Crippen molar-refractivity contribution in [3.8, 4) is 5.75 Å². The lowest BCUT2D eigenvalue weighted by molar-refractivity contribution is 0.108. The summed E-state index contributed by atoms with van der Waals surface area (Å²) in [6, 6.07) is 6.87. The first kappa shape index (κ1) is 16.3. The van der Waals surface area contributed by atoms with Crippen molar-refractivity contribution >= 4 is 0 Å². The van der Waals surface area contributed by atoms with Crippen molar-refractivity contribution in [2.45, 2.75) is 52.0 Å². The van der Waals surface area contributed by atoms with Crippen LogP contribution in [0.5, 0.6) is 5.75 Å². The molecule has 1 atom stereocenters. The fourth-order valence-corrected chi connectivity index (χ4v) is 2.72. The number of aryl methyl sites for hydroxylation is 1. The Morgan fingerprint density at radius 1 is 1.14 bits per heavy atom. The second kappa shape index (κ2) is 9.06. The van der Waals surface area contributed by atoms with Crippen molar-refractivity contribution in [2.75, 3.05) is 26.4 Å². The summed E-state index contributed by atoms with van der Waals surface area (Å²) < 4.78 is 11.5. The minimum absolute atomic E-state index is 0.671. The molecular weight excluding hydrogens is 262 g/mol. The molecule has 0 saturated carbocycles. The smallest absolute Gasteiger partial charge is 0.122 e.